The average Bonchev–Trinajstić information content (AvgIpc) is 2.89. The summed E-state index contributed by atoms with van der Waals surface area (Å²) in [5.74, 6) is 0. The van der Waals surface area contributed by atoms with Gasteiger partial charge >= 0.3 is 6.09 Å². The number of nitrogens with one attached hydrogen (secondary N) is 1. The fraction of sp³-hybridized carbons (Fsp3) is 0.357. The molecule has 0 saturated carbocycles. The van der Waals surface area contributed by atoms with Gasteiger partial charge in [0.1, 0.15) is 0 Å². The van der Waals surface area contributed by atoms with Gasteiger partial charge in [0.25, 0.3) is 0 Å². The van der Waals surface area contributed by atoms with Gasteiger partial charge in [-0.2, -0.15) is 0 Å². The fourth-order valence-electron chi connectivity index (χ4n) is 2.30. The number of pyridine rings is 1. The molecule has 0 unspecified atom stereocenters. The highest BCUT2D eigenvalue weighted by Crippen LogP contribution is 2.28. The number of anilines is 1. The molecule has 0 saturated heterocycles. The summed E-state index contributed by atoms with van der Waals surface area (Å²) in [4.78, 5) is 23.6. The Morgan fingerprint density at radius 3 is 3.19 bits per heavy atom. The summed E-state index contributed by atoms with van der Waals surface area (Å²) in [5, 5.41) is 3.23. The van der Waals surface area contributed by atoms with Crippen LogP contribution >= 0.6 is 11.3 Å². The third-order valence-electron chi connectivity index (χ3n) is 3.32. The SMILES string of the molecule is COC(=O)Nc1nc2c(s1)CN(Cc1ccccn1)CC2. The number of hydrogen-bond acceptors (Lipinski definition) is 6. The number of carbonyl (C=O) groups is 1. The lowest BCUT2D eigenvalue weighted by molar-refractivity contribution is 0.187. The largest absolute Gasteiger partial charge is 0.453 e. The molecular weight excluding hydrogens is 288 g/mol. The lowest BCUT2D eigenvalue weighted by Gasteiger charge is -2.25. The number of rotatable bonds is 3. The van der Waals surface area contributed by atoms with E-state index in [0.29, 0.717) is 5.13 Å². The van der Waals surface area contributed by atoms with Crippen LogP contribution in [0.3, 0.4) is 0 Å². The Labute approximate surface area is 126 Å². The van der Waals surface area contributed by atoms with Crippen molar-refractivity contribution in [3.8, 4) is 0 Å². The minimum absolute atomic E-state index is 0.480. The predicted octanol–water partition coefficient (Wildman–Crippen LogP) is 2.27. The zero-order chi connectivity index (χ0) is 14.7. The van der Waals surface area contributed by atoms with Crippen molar-refractivity contribution >= 4 is 22.6 Å². The van der Waals surface area contributed by atoms with Gasteiger partial charge in [-0.1, -0.05) is 17.4 Å². The lowest BCUT2D eigenvalue weighted by atomic mass is 10.1. The highest BCUT2D eigenvalue weighted by Gasteiger charge is 2.21. The number of hydrogen-bond donors (Lipinski definition) is 1. The second-order valence-electron chi connectivity index (χ2n) is 4.79. The minimum Gasteiger partial charge on any atom is -0.453 e. The van der Waals surface area contributed by atoms with Crippen molar-refractivity contribution in [2.75, 3.05) is 19.0 Å². The molecule has 0 fully saturated rings. The van der Waals surface area contributed by atoms with Crippen molar-refractivity contribution in [1.29, 1.82) is 0 Å². The summed E-state index contributed by atoms with van der Waals surface area (Å²) in [6.45, 7) is 2.62. The number of thiazole rings is 1. The molecule has 0 radical (unpaired) electrons. The van der Waals surface area contributed by atoms with E-state index >= 15 is 0 Å². The molecule has 0 bridgehead atoms. The predicted molar refractivity (Wildman–Crippen MR) is 80.2 cm³/mol. The molecule has 6 nitrogen and oxygen atoms in total. The van der Waals surface area contributed by atoms with Gasteiger partial charge in [0.05, 0.1) is 18.5 Å². The third-order valence-corrected chi connectivity index (χ3v) is 4.31. The zero-order valence-electron chi connectivity index (χ0n) is 11.7. The van der Waals surface area contributed by atoms with Crippen LogP contribution < -0.4 is 5.32 Å². The van der Waals surface area contributed by atoms with Gasteiger partial charge in [-0.05, 0) is 12.1 Å². The molecule has 0 aromatic carbocycles. The quantitative estimate of drug-likeness (QED) is 0.942. The van der Waals surface area contributed by atoms with E-state index in [1.165, 1.54) is 23.3 Å². The van der Waals surface area contributed by atoms with E-state index in [9.17, 15) is 4.79 Å². The maximum atomic E-state index is 11.2. The molecule has 110 valence electrons. The number of ether oxygens (including phenoxy) is 1. The molecule has 2 aromatic rings. The van der Waals surface area contributed by atoms with Gasteiger partial charge in [-0.3, -0.25) is 15.2 Å². The van der Waals surface area contributed by atoms with Gasteiger partial charge < -0.3 is 4.74 Å². The first-order chi connectivity index (χ1) is 10.2. The fourth-order valence-corrected chi connectivity index (χ4v) is 3.33. The summed E-state index contributed by atoms with van der Waals surface area (Å²) in [6, 6.07) is 5.96. The van der Waals surface area contributed by atoms with Gasteiger partial charge in [0, 0.05) is 37.1 Å². The molecular formula is C14H16N4O2S. The third kappa shape index (κ3) is 3.37. The van der Waals surface area contributed by atoms with E-state index in [1.54, 1.807) is 0 Å². The van der Waals surface area contributed by atoms with Gasteiger partial charge in [-0.25, -0.2) is 9.78 Å². The topological polar surface area (TPSA) is 67.3 Å². The van der Waals surface area contributed by atoms with Crippen LogP contribution in [-0.2, 0) is 24.2 Å². The van der Waals surface area contributed by atoms with Crippen molar-refractivity contribution in [3.05, 3.63) is 40.7 Å². The molecule has 21 heavy (non-hydrogen) atoms. The maximum absolute atomic E-state index is 11.2. The van der Waals surface area contributed by atoms with Crippen molar-refractivity contribution in [2.45, 2.75) is 19.5 Å². The molecule has 1 amide bonds. The number of aromatic nitrogens is 2. The first kappa shape index (κ1) is 14.0. The van der Waals surface area contributed by atoms with Crippen LogP contribution in [-0.4, -0.2) is 34.6 Å². The Hall–Kier alpha value is -1.99. The highest BCUT2D eigenvalue weighted by molar-refractivity contribution is 7.15. The lowest BCUT2D eigenvalue weighted by Crippen LogP contribution is -2.29. The minimum atomic E-state index is -0.480. The van der Waals surface area contributed by atoms with E-state index in [0.717, 1.165) is 37.4 Å². The molecule has 3 heterocycles. The van der Waals surface area contributed by atoms with Crippen LogP contribution in [0.5, 0.6) is 0 Å². The Kier molecular flexibility index (Phi) is 4.12. The van der Waals surface area contributed by atoms with E-state index in [1.807, 2.05) is 24.4 Å². The Balaban J connectivity index is 1.66. The number of fused-ring (bicyclic) bond motifs is 1. The first-order valence-corrected chi connectivity index (χ1v) is 7.52. The summed E-state index contributed by atoms with van der Waals surface area (Å²) < 4.78 is 4.58. The Morgan fingerprint density at radius 1 is 1.52 bits per heavy atom. The number of nitrogens with zero attached hydrogens (tertiary/aromatic N) is 3. The standard InChI is InChI=1S/C14H16N4O2S/c1-20-14(19)17-13-16-11-5-7-18(9-12(11)21-13)8-10-4-2-3-6-15-10/h2-4,6H,5,7-9H2,1H3,(H,16,17,19). The number of carbonyl (C=O) groups excluding carboxylic acids is 1. The molecule has 0 aliphatic carbocycles. The summed E-state index contributed by atoms with van der Waals surface area (Å²) in [5.41, 5.74) is 2.14. The van der Waals surface area contributed by atoms with Crippen LogP contribution in [0, 0.1) is 0 Å². The van der Waals surface area contributed by atoms with E-state index in [2.05, 4.69) is 24.9 Å². The molecule has 1 aliphatic rings. The van der Waals surface area contributed by atoms with Gasteiger partial charge in [0.2, 0.25) is 0 Å². The van der Waals surface area contributed by atoms with Crippen LogP contribution in [0.25, 0.3) is 0 Å². The molecule has 7 heteroatoms. The Bertz CT molecular complexity index is 629. The highest BCUT2D eigenvalue weighted by atomic mass is 32.1. The van der Waals surface area contributed by atoms with Crippen LogP contribution in [0.2, 0.25) is 0 Å². The van der Waals surface area contributed by atoms with Crippen molar-refractivity contribution in [3.63, 3.8) is 0 Å². The van der Waals surface area contributed by atoms with Gasteiger partial charge in [0.15, 0.2) is 5.13 Å². The molecule has 1 N–H and O–H groups in total. The normalized spacial score (nSPS) is 14.5. The van der Waals surface area contributed by atoms with Crippen LogP contribution in [0.15, 0.2) is 24.4 Å². The maximum Gasteiger partial charge on any atom is 0.413 e. The molecule has 3 rings (SSSR count). The second-order valence-corrected chi connectivity index (χ2v) is 5.87. The molecule has 2 aromatic heterocycles. The van der Waals surface area contributed by atoms with Crippen LogP contribution in [0.4, 0.5) is 9.93 Å². The van der Waals surface area contributed by atoms with E-state index in [-0.39, 0.29) is 0 Å². The Morgan fingerprint density at radius 2 is 2.43 bits per heavy atom. The van der Waals surface area contributed by atoms with Crippen molar-refractivity contribution in [1.82, 2.24) is 14.9 Å². The summed E-state index contributed by atoms with van der Waals surface area (Å²) >= 11 is 1.51. The smallest absolute Gasteiger partial charge is 0.413 e. The molecule has 0 spiro atoms. The van der Waals surface area contributed by atoms with Gasteiger partial charge in [-0.15, -0.1) is 0 Å². The van der Waals surface area contributed by atoms with Crippen LogP contribution in [0.1, 0.15) is 16.3 Å². The number of amides is 1. The molecule has 1 aliphatic heterocycles. The van der Waals surface area contributed by atoms with E-state index < -0.39 is 6.09 Å². The zero-order valence-corrected chi connectivity index (χ0v) is 12.5. The first-order valence-electron chi connectivity index (χ1n) is 6.70. The second kappa shape index (κ2) is 6.19. The summed E-state index contributed by atoms with van der Waals surface area (Å²) in [6.07, 6.45) is 2.23. The van der Waals surface area contributed by atoms with E-state index in [4.69, 9.17) is 0 Å². The average molecular weight is 304 g/mol. The molecule has 0 atom stereocenters. The number of methoxy groups -OCH3 is 1. The van der Waals surface area contributed by atoms with Crippen molar-refractivity contribution in [2.24, 2.45) is 0 Å². The monoisotopic (exact) mass is 304 g/mol. The summed E-state index contributed by atoms with van der Waals surface area (Å²) in [7, 11) is 1.34. The van der Waals surface area contributed by atoms with Crippen molar-refractivity contribution < 1.29 is 9.53 Å².